The molecule has 3 rings (SSSR count). The van der Waals surface area contributed by atoms with Gasteiger partial charge in [0.2, 0.25) is 0 Å². The maximum atomic E-state index is 12.5. The lowest BCUT2D eigenvalue weighted by Gasteiger charge is -2.17. The third-order valence-electron chi connectivity index (χ3n) is 3.72. The van der Waals surface area contributed by atoms with Crippen molar-refractivity contribution in [1.82, 2.24) is 9.88 Å². The Bertz CT molecular complexity index is 649. The molecule has 0 spiro atoms. The van der Waals surface area contributed by atoms with Crippen molar-refractivity contribution in [3.63, 3.8) is 0 Å². The monoisotopic (exact) mass is 269 g/mol. The minimum absolute atomic E-state index is 0.0115. The number of aromatic nitrogens is 1. The van der Waals surface area contributed by atoms with E-state index in [4.69, 9.17) is 0 Å². The van der Waals surface area contributed by atoms with Gasteiger partial charge in [0.1, 0.15) is 11.5 Å². The van der Waals surface area contributed by atoms with E-state index in [1.54, 1.807) is 0 Å². The number of pyridine rings is 1. The number of amides is 1. The summed E-state index contributed by atoms with van der Waals surface area (Å²) in [5.41, 5.74) is 0.522. The second-order valence-electron chi connectivity index (χ2n) is 5.25. The van der Waals surface area contributed by atoms with Crippen LogP contribution < -0.4 is 5.32 Å². The van der Waals surface area contributed by atoms with Crippen molar-refractivity contribution in [1.29, 1.82) is 0 Å². The summed E-state index contributed by atoms with van der Waals surface area (Å²) in [7, 11) is 1.86. The number of rotatable bonds is 4. The summed E-state index contributed by atoms with van der Waals surface area (Å²) in [6.07, 6.45) is 2.21. The number of nitrogens with one attached hydrogen (secondary N) is 1. The highest BCUT2D eigenvalue weighted by Crippen LogP contribution is 2.28. The zero-order valence-corrected chi connectivity index (χ0v) is 11.9. The first kappa shape index (κ1) is 12.9. The van der Waals surface area contributed by atoms with Crippen LogP contribution in [0, 0.1) is 0 Å². The molecule has 1 aromatic carbocycles. The molecular formula is C16H19N3O. The molecule has 0 radical (unpaired) electrons. The summed E-state index contributed by atoms with van der Waals surface area (Å²) in [5, 5.41) is 5.35. The van der Waals surface area contributed by atoms with Crippen molar-refractivity contribution in [2.45, 2.75) is 25.8 Å². The van der Waals surface area contributed by atoms with E-state index in [-0.39, 0.29) is 5.91 Å². The lowest BCUT2D eigenvalue weighted by atomic mass is 10.1. The predicted molar refractivity (Wildman–Crippen MR) is 81.0 cm³/mol. The summed E-state index contributed by atoms with van der Waals surface area (Å²) in [6.45, 7) is 2.81. The van der Waals surface area contributed by atoms with E-state index in [1.165, 1.54) is 0 Å². The molecule has 1 heterocycles. The minimum atomic E-state index is 0.0115. The lowest BCUT2D eigenvalue weighted by Crippen LogP contribution is -2.29. The molecule has 0 atom stereocenters. The molecule has 4 nitrogen and oxygen atoms in total. The van der Waals surface area contributed by atoms with Crippen LogP contribution >= 0.6 is 0 Å². The first-order valence-corrected chi connectivity index (χ1v) is 7.11. The van der Waals surface area contributed by atoms with Gasteiger partial charge in [-0.3, -0.25) is 4.79 Å². The normalized spacial score (nSPS) is 14.3. The Morgan fingerprint density at radius 3 is 2.85 bits per heavy atom. The van der Waals surface area contributed by atoms with Crippen molar-refractivity contribution in [3.05, 3.63) is 36.0 Å². The molecule has 1 aromatic heterocycles. The molecule has 1 fully saturated rings. The fraction of sp³-hybridized carbons (Fsp3) is 0.375. The molecule has 0 aliphatic heterocycles. The van der Waals surface area contributed by atoms with Crippen LogP contribution in [0.15, 0.2) is 30.3 Å². The van der Waals surface area contributed by atoms with Gasteiger partial charge in [-0.15, -0.1) is 0 Å². The number of nitrogens with zero attached hydrogens (tertiary/aromatic N) is 2. The van der Waals surface area contributed by atoms with E-state index < -0.39 is 0 Å². The van der Waals surface area contributed by atoms with Gasteiger partial charge in [0.15, 0.2) is 0 Å². The second kappa shape index (κ2) is 5.12. The maximum Gasteiger partial charge on any atom is 0.272 e. The minimum Gasteiger partial charge on any atom is -0.370 e. The largest absolute Gasteiger partial charge is 0.370 e. The van der Waals surface area contributed by atoms with Gasteiger partial charge < -0.3 is 10.2 Å². The van der Waals surface area contributed by atoms with Crippen molar-refractivity contribution >= 4 is 22.5 Å². The molecule has 1 N–H and O–H groups in total. The van der Waals surface area contributed by atoms with Crippen LogP contribution in [0.3, 0.4) is 0 Å². The summed E-state index contributed by atoms with van der Waals surface area (Å²) in [4.78, 5) is 18.8. The van der Waals surface area contributed by atoms with E-state index >= 15 is 0 Å². The van der Waals surface area contributed by atoms with Crippen molar-refractivity contribution < 1.29 is 4.79 Å². The molecule has 20 heavy (non-hydrogen) atoms. The van der Waals surface area contributed by atoms with Crippen LogP contribution in [0.25, 0.3) is 10.8 Å². The Morgan fingerprint density at radius 2 is 2.15 bits per heavy atom. The molecule has 0 saturated heterocycles. The van der Waals surface area contributed by atoms with Gasteiger partial charge in [0.05, 0.1) is 0 Å². The van der Waals surface area contributed by atoms with Crippen molar-refractivity contribution in [3.8, 4) is 0 Å². The first-order chi connectivity index (χ1) is 9.70. The highest BCUT2D eigenvalue weighted by atomic mass is 16.2. The average Bonchev–Trinajstić information content (AvgIpc) is 3.30. The number of hydrogen-bond donors (Lipinski definition) is 1. The van der Waals surface area contributed by atoms with Crippen LogP contribution in [0.5, 0.6) is 0 Å². The van der Waals surface area contributed by atoms with Crippen LogP contribution in [0.1, 0.15) is 30.3 Å². The van der Waals surface area contributed by atoms with Crippen LogP contribution in [0.4, 0.5) is 5.82 Å². The van der Waals surface area contributed by atoms with E-state index in [0.717, 1.165) is 36.0 Å². The number of carbonyl (C=O) groups is 1. The molecule has 0 bridgehead atoms. The topological polar surface area (TPSA) is 45.2 Å². The molecule has 4 heteroatoms. The number of fused-ring (bicyclic) bond motifs is 1. The Kier molecular flexibility index (Phi) is 3.30. The Labute approximate surface area is 118 Å². The average molecular weight is 269 g/mol. The van der Waals surface area contributed by atoms with E-state index in [0.29, 0.717) is 11.7 Å². The molecular weight excluding hydrogens is 250 g/mol. The SMILES string of the molecule is CCNc1nc(C(=O)N(C)C2CC2)cc2ccccc12. The highest BCUT2D eigenvalue weighted by molar-refractivity contribution is 6.00. The predicted octanol–water partition coefficient (Wildman–Crippen LogP) is 2.90. The van der Waals surface area contributed by atoms with Gasteiger partial charge in [-0.1, -0.05) is 24.3 Å². The molecule has 1 saturated carbocycles. The third-order valence-corrected chi connectivity index (χ3v) is 3.72. The van der Waals surface area contributed by atoms with Gasteiger partial charge >= 0.3 is 0 Å². The standard InChI is InChI=1S/C16H19N3O/c1-3-17-15-13-7-5-4-6-11(13)10-14(18-15)16(20)19(2)12-8-9-12/h4-7,10,12H,3,8-9H2,1-2H3,(H,17,18). The molecule has 0 unspecified atom stereocenters. The van der Waals surface area contributed by atoms with Gasteiger partial charge in [-0.2, -0.15) is 0 Å². The Morgan fingerprint density at radius 1 is 1.40 bits per heavy atom. The molecule has 2 aromatic rings. The van der Waals surface area contributed by atoms with Gasteiger partial charge in [-0.05, 0) is 31.2 Å². The zero-order chi connectivity index (χ0) is 14.1. The molecule has 1 aliphatic carbocycles. The summed E-state index contributed by atoms with van der Waals surface area (Å²) >= 11 is 0. The third kappa shape index (κ3) is 2.33. The molecule has 1 aliphatic rings. The van der Waals surface area contributed by atoms with E-state index in [1.807, 2.05) is 49.2 Å². The summed E-state index contributed by atoms with van der Waals surface area (Å²) in [6, 6.07) is 10.3. The number of carbonyl (C=O) groups excluding carboxylic acids is 1. The Hall–Kier alpha value is -2.10. The second-order valence-corrected chi connectivity index (χ2v) is 5.25. The fourth-order valence-electron chi connectivity index (χ4n) is 2.42. The summed E-state index contributed by atoms with van der Waals surface area (Å²) in [5.74, 6) is 0.801. The van der Waals surface area contributed by atoms with Crippen LogP contribution in [0.2, 0.25) is 0 Å². The molecule has 1 amide bonds. The van der Waals surface area contributed by atoms with E-state index in [9.17, 15) is 4.79 Å². The number of hydrogen-bond acceptors (Lipinski definition) is 3. The maximum absolute atomic E-state index is 12.5. The fourth-order valence-corrected chi connectivity index (χ4v) is 2.42. The number of benzene rings is 1. The first-order valence-electron chi connectivity index (χ1n) is 7.11. The van der Waals surface area contributed by atoms with Gasteiger partial charge in [-0.25, -0.2) is 4.98 Å². The number of anilines is 1. The quantitative estimate of drug-likeness (QED) is 0.928. The molecule has 104 valence electrons. The van der Waals surface area contributed by atoms with Crippen molar-refractivity contribution in [2.75, 3.05) is 18.9 Å². The lowest BCUT2D eigenvalue weighted by molar-refractivity contribution is 0.0779. The van der Waals surface area contributed by atoms with E-state index in [2.05, 4.69) is 10.3 Å². The van der Waals surface area contributed by atoms with Gasteiger partial charge in [0.25, 0.3) is 5.91 Å². The summed E-state index contributed by atoms with van der Waals surface area (Å²) < 4.78 is 0. The van der Waals surface area contributed by atoms with Crippen molar-refractivity contribution in [2.24, 2.45) is 0 Å². The van der Waals surface area contributed by atoms with Crippen LogP contribution in [-0.2, 0) is 0 Å². The smallest absolute Gasteiger partial charge is 0.272 e. The van der Waals surface area contributed by atoms with Gasteiger partial charge in [0, 0.05) is 25.0 Å². The zero-order valence-electron chi connectivity index (χ0n) is 11.9. The highest BCUT2D eigenvalue weighted by Gasteiger charge is 2.30. The Balaban J connectivity index is 2.04. The van der Waals surface area contributed by atoms with Crippen LogP contribution in [-0.4, -0.2) is 35.4 Å².